The Morgan fingerprint density at radius 1 is 1.03 bits per heavy atom. The lowest BCUT2D eigenvalue weighted by atomic mass is 10.0. The molecule has 0 aliphatic heterocycles. The molecule has 12 nitrogen and oxygen atoms in total. The van der Waals surface area contributed by atoms with Crippen molar-refractivity contribution in [3.05, 3.63) is 54.1 Å². The van der Waals surface area contributed by atoms with E-state index in [0.29, 0.717) is 17.9 Å². The van der Waals surface area contributed by atoms with Gasteiger partial charge in [-0.2, -0.15) is 11.8 Å². The molecule has 13 heteroatoms. The van der Waals surface area contributed by atoms with Crippen molar-refractivity contribution in [1.82, 2.24) is 25.9 Å². The maximum absolute atomic E-state index is 13.4. The maximum Gasteiger partial charge on any atom is 0.328 e. The maximum atomic E-state index is 13.4. The standard InChI is InChI=1S/C24H34N6O6S/c1-14(31)20(24(35)36)30-23(34)19(11-16-12-26-13-27-16)29-22(33)18(10-15-6-4-3-5-7-15)28-21(32)17(25)8-9-37-2/h3-7,12-14,17-20,31H,8-11,25H2,1-2H3,(H,26,27)(H,28,32)(H,29,33)(H,30,34)(H,35,36). The molecule has 0 aliphatic rings. The van der Waals surface area contributed by atoms with Gasteiger partial charge in [-0.3, -0.25) is 14.4 Å². The van der Waals surface area contributed by atoms with E-state index in [1.807, 2.05) is 12.3 Å². The van der Waals surface area contributed by atoms with Gasteiger partial charge in [-0.15, -0.1) is 0 Å². The molecule has 0 bridgehead atoms. The van der Waals surface area contributed by atoms with Crippen molar-refractivity contribution in [3.63, 3.8) is 0 Å². The largest absolute Gasteiger partial charge is 0.480 e. The number of rotatable bonds is 15. The number of H-pyrrole nitrogens is 1. The van der Waals surface area contributed by atoms with Crippen LogP contribution in [-0.4, -0.2) is 86.2 Å². The highest BCUT2D eigenvalue weighted by atomic mass is 32.2. The van der Waals surface area contributed by atoms with Gasteiger partial charge < -0.3 is 36.9 Å². The van der Waals surface area contributed by atoms with E-state index >= 15 is 0 Å². The summed E-state index contributed by atoms with van der Waals surface area (Å²) in [6, 6.07) is 4.34. The zero-order chi connectivity index (χ0) is 27.4. The number of carboxylic acid groups (broad SMARTS) is 1. The van der Waals surface area contributed by atoms with E-state index in [0.717, 1.165) is 5.56 Å². The molecule has 0 saturated heterocycles. The third kappa shape index (κ3) is 9.86. The molecule has 2 aromatic rings. The van der Waals surface area contributed by atoms with E-state index in [4.69, 9.17) is 5.73 Å². The van der Waals surface area contributed by atoms with E-state index in [2.05, 4.69) is 25.9 Å². The molecule has 1 aromatic carbocycles. The smallest absolute Gasteiger partial charge is 0.328 e. The molecule has 0 fully saturated rings. The van der Waals surface area contributed by atoms with Crippen LogP contribution >= 0.6 is 11.8 Å². The highest BCUT2D eigenvalue weighted by molar-refractivity contribution is 7.98. The average Bonchev–Trinajstić information content (AvgIpc) is 3.38. The Balaban J connectivity index is 2.25. The van der Waals surface area contributed by atoms with Crippen LogP contribution in [0.4, 0.5) is 0 Å². The lowest BCUT2D eigenvalue weighted by Crippen LogP contribution is -2.59. The molecule has 2 rings (SSSR count). The van der Waals surface area contributed by atoms with Gasteiger partial charge in [0.1, 0.15) is 12.1 Å². The SMILES string of the molecule is CSCCC(N)C(=O)NC(Cc1ccccc1)C(=O)NC(Cc1cnc[nH]1)C(=O)NC(C(=O)O)C(C)O. The molecule has 0 radical (unpaired) electrons. The van der Waals surface area contributed by atoms with Gasteiger partial charge >= 0.3 is 5.97 Å². The average molecular weight is 535 g/mol. The molecule has 8 N–H and O–H groups in total. The van der Waals surface area contributed by atoms with Gasteiger partial charge in [-0.1, -0.05) is 30.3 Å². The minimum Gasteiger partial charge on any atom is -0.480 e. The molecule has 0 aliphatic carbocycles. The summed E-state index contributed by atoms with van der Waals surface area (Å²) in [5.74, 6) is -2.73. The van der Waals surface area contributed by atoms with Crippen LogP contribution in [-0.2, 0) is 32.0 Å². The molecular weight excluding hydrogens is 500 g/mol. The first-order chi connectivity index (χ1) is 17.6. The second-order valence-electron chi connectivity index (χ2n) is 8.55. The van der Waals surface area contributed by atoms with Crippen molar-refractivity contribution >= 4 is 35.5 Å². The van der Waals surface area contributed by atoms with Gasteiger partial charge in [0.05, 0.1) is 18.5 Å². The quantitative estimate of drug-likeness (QED) is 0.153. The second-order valence-corrected chi connectivity index (χ2v) is 9.53. The Morgan fingerprint density at radius 2 is 1.65 bits per heavy atom. The Hall–Kier alpha value is -3.42. The van der Waals surface area contributed by atoms with Crippen LogP contribution in [0.15, 0.2) is 42.9 Å². The van der Waals surface area contributed by atoms with Crippen LogP contribution in [0.3, 0.4) is 0 Å². The fourth-order valence-corrected chi connectivity index (χ4v) is 3.94. The number of aliphatic carboxylic acids is 1. The number of aliphatic hydroxyl groups is 1. The van der Waals surface area contributed by atoms with E-state index in [9.17, 15) is 29.4 Å². The molecule has 5 unspecified atom stereocenters. The number of carbonyl (C=O) groups excluding carboxylic acids is 3. The van der Waals surface area contributed by atoms with Gasteiger partial charge in [0.25, 0.3) is 0 Å². The number of nitrogens with zero attached hydrogens (tertiary/aromatic N) is 1. The molecule has 0 saturated carbocycles. The molecule has 1 heterocycles. The van der Waals surface area contributed by atoms with Crippen molar-refractivity contribution in [2.24, 2.45) is 5.73 Å². The number of imidazole rings is 1. The predicted molar refractivity (Wildman–Crippen MR) is 139 cm³/mol. The fourth-order valence-electron chi connectivity index (χ4n) is 3.45. The van der Waals surface area contributed by atoms with Gasteiger partial charge in [0, 0.05) is 24.7 Å². The van der Waals surface area contributed by atoms with E-state index in [-0.39, 0.29) is 12.8 Å². The molecule has 1 aromatic heterocycles. The Kier molecular flexibility index (Phi) is 12.1. The fraction of sp³-hybridized carbons (Fsp3) is 0.458. The predicted octanol–water partition coefficient (Wildman–Crippen LogP) is -0.805. The van der Waals surface area contributed by atoms with Crippen LogP contribution < -0.4 is 21.7 Å². The number of amides is 3. The van der Waals surface area contributed by atoms with Gasteiger partial charge in [-0.25, -0.2) is 9.78 Å². The third-order valence-corrected chi connectivity index (χ3v) is 6.19. The molecular formula is C24H34N6O6S. The molecule has 5 atom stereocenters. The van der Waals surface area contributed by atoms with Gasteiger partial charge in [0.15, 0.2) is 6.04 Å². The van der Waals surface area contributed by atoms with Crippen LogP contribution in [0.1, 0.15) is 24.6 Å². The summed E-state index contributed by atoms with van der Waals surface area (Å²) in [4.78, 5) is 57.3. The number of aromatic nitrogens is 2. The molecule has 0 spiro atoms. The summed E-state index contributed by atoms with van der Waals surface area (Å²) in [5, 5.41) is 26.6. The van der Waals surface area contributed by atoms with E-state index in [1.165, 1.54) is 19.4 Å². The third-order valence-electron chi connectivity index (χ3n) is 5.54. The number of carbonyl (C=O) groups is 4. The Morgan fingerprint density at radius 3 is 2.22 bits per heavy atom. The number of carboxylic acids is 1. The number of nitrogens with two attached hydrogens (primary N) is 1. The number of aromatic amines is 1. The van der Waals surface area contributed by atoms with Crippen molar-refractivity contribution in [3.8, 4) is 0 Å². The normalized spacial score (nSPS) is 15.0. The molecule has 202 valence electrons. The molecule has 3 amide bonds. The summed E-state index contributed by atoms with van der Waals surface area (Å²) < 4.78 is 0. The van der Waals surface area contributed by atoms with Crippen molar-refractivity contribution < 1.29 is 29.4 Å². The van der Waals surface area contributed by atoms with Crippen LogP contribution in [0.2, 0.25) is 0 Å². The van der Waals surface area contributed by atoms with Crippen LogP contribution in [0, 0.1) is 0 Å². The highest BCUT2D eigenvalue weighted by Crippen LogP contribution is 2.07. The zero-order valence-electron chi connectivity index (χ0n) is 20.7. The van der Waals surface area contributed by atoms with Crippen molar-refractivity contribution in [2.75, 3.05) is 12.0 Å². The number of benzene rings is 1. The topological polar surface area (TPSA) is 200 Å². The lowest BCUT2D eigenvalue weighted by Gasteiger charge is -2.25. The minimum absolute atomic E-state index is 0.0387. The summed E-state index contributed by atoms with van der Waals surface area (Å²) in [6.07, 6.45) is 3.90. The summed E-state index contributed by atoms with van der Waals surface area (Å²) in [5.41, 5.74) is 7.26. The summed E-state index contributed by atoms with van der Waals surface area (Å²) >= 11 is 1.55. The van der Waals surface area contributed by atoms with Crippen LogP contribution in [0.25, 0.3) is 0 Å². The number of nitrogens with one attached hydrogen (secondary N) is 4. The minimum atomic E-state index is -1.58. The number of hydrogen-bond acceptors (Lipinski definition) is 8. The molecule has 37 heavy (non-hydrogen) atoms. The lowest BCUT2D eigenvalue weighted by molar-refractivity contribution is -0.145. The first-order valence-electron chi connectivity index (χ1n) is 11.7. The van der Waals surface area contributed by atoms with Crippen molar-refractivity contribution in [2.45, 2.75) is 56.5 Å². The monoisotopic (exact) mass is 534 g/mol. The summed E-state index contributed by atoms with van der Waals surface area (Å²) in [6.45, 7) is 1.23. The Bertz CT molecular complexity index is 1020. The zero-order valence-corrected chi connectivity index (χ0v) is 21.5. The van der Waals surface area contributed by atoms with Gasteiger partial charge in [-0.05, 0) is 30.9 Å². The first-order valence-corrected chi connectivity index (χ1v) is 13.1. The second kappa shape index (κ2) is 15.0. The Labute approximate surface area is 219 Å². The summed E-state index contributed by atoms with van der Waals surface area (Å²) in [7, 11) is 0. The van der Waals surface area contributed by atoms with Gasteiger partial charge in [0.2, 0.25) is 17.7 Å². The van der Waals surface area contributed by atoms with E-state index in [1.54, 1.807) is 36.0 Å². The van der Waals surface area contributed by atoms with Crippen molar-refractivity contribution in [1.29, 1.82) is 0 Å². The highest BCUT2D eigenvalue weighted by Gasteiger charge is 2.32. The van der Waals surface area contributed by atoms with Crippen LogP contribution in [0.5, 0.6) is 0 Å². The number of thioether (sulfide) groups is 1. The van der Waals surface area contributed by atoms with E-state index < -0.39 is 54.0 Å². The number of hydrogen-bond donors (Lipinski definition) is 7. The number of aliphatic hydroxyl groups excluding tert-OH is 1. The first kappa shape index (κ1) is 29.8.